The number of fused-ring (bicyclic) bond motifs is 3. The van der Waals surface area contributed by atoms with Gasteiger partial charge in [0.05, 0.1) is 37.2 Å². The highest BCUT2D eigenvalue weighted by atomic mass is 35.5. The van der Waals surface area contributed by atoms with Gasteiger partial charge in [-0.15, -0.1) is 0 Å². The average Bonchev–Trinajstić information content (AvgIpc) is 3.69. The van der Waals surface area contributed by atoms with E-state index in [1.165, 1.54) is 0 Å². The molecular formula is C40H44Cl2N4O7. The quantitative estimate of drug-likeness (QED) is 0.133. The summed E-state index contributed by atoms with van der Waals surface area (Å²) in [4.78, 5) is 38.5. The number of amides is 1. The van der Waals surface area contributed by atoms with E-state index >= 15 is 0 Å². The van der Waals surface area contributed by atoms with E-state index in [-0.39, 0.29) is 30.6 Å². The number of methoxy groups -OCH3 is 1. The molecule has 2 aromatic carbocycles. The van der Waals surface area contributed by atoms with Crippen LogP contribution in [0.4, 0.5) is 10.5 Å². The zero-order valence-corrected chi connectivity index (χ0v) is 31.1. The van der Waals surface area contributed by atoms with Gasteiger partial charge in [0.2, 0.25) is 0 Å². The van der Waals surface area contributed by atoms with E-state index in [0.29, 0.717) is 49.8 Å². The summed E-state index contributed by atoms with van der Waals surface area (Å²) < 4.78 is 24.3. The fourth-order valence-electron chi connectivity index (χ4n) is 7.39. The van der Waals surface area contributed by atoms with Crippen LogP contribution in [0.15, 0.2) is 79.4 Å². The van der Waals surface area contributed by atoms with Crippen LogP contribution in [0.3, 0.4) is 0 Å². The van der Waals surface area contributed by atoms with E-state index in [4.69, 9.17) is 42.1 Å². The number of nitrogens with zero attached hydrogens (tertiary/aromatic N) is 3. The third kappa shape index (κ3) is 9.21. The molecule has 3 aliphatic heterocycles. The predicted molar refractivity (Wildman–Crippen MR) is 199 cm³/mol. The normalized spacial score (nSPS) is 19.9. The van der Waals surface area contributed by atoms with Gasteiger partial charge in [-0.1, -0.05) is 41.4 Å². The lowest BCUT2D eigenvalue weighted by Gasteiger charge is -2.44. The lowest BCUT2D eigenvalue weighted by atomic mass is 9.86. The van der Waals surface area contributed by atoms with E-state index in [9.17, 15) is 9.59 Å². The van der Waals surface area contributed by atoms with Crippen molar-refractivity contribution < 1.29 is 39.0 Å². The van der Waals surface area contributed by atoms with Gasteiger partial charge in [-0.2, -0.15) is 0 Å². The number of anilines is 1. The molecule has 5 heterocycles. The average molecular weight is 764 g/mol. The zero-order valence-electron chi connectivity index (χ0n) is 29.6. The van der Waals surface area contributed by atoms with Gasteiger partial charge in [-0.25, -0.2) is 14.6 Å². The molecule has 2 aromatic heterocycles. The first-order valence-electron chi connectivity index (χ1n) is 17.9. The number of pyridine rings is 2. The largest absolute Gasteiger partial charge is 0.870 e. The molecule has 1 aliphatic carbocycles. The Hall–Kier alpha value is -4.42. The molecule has 8 rings (SSSR count). The van der Waals surface area contributed by atoms with E-state index in [0.717, 1.165) is 63.7 Å². The third-order valence-corrected chi connectivity index (χ3v) is 11.0. The molecule has 2 bridgehead atoms. The highest BCUT2D eigenvalue weighted by molar-refractivity contribution is 6.35. The molecule has 3 saturated heterocycles. The molecule has 2 atom stereocenters. The first kappa shape index (κ1) is 38.3. The number of nitrogens with one attached hydrogen (secondary N) is 1. The SMILES string of the molecule is COc1ccc([C@H](Cc2c(Cl)c[nH+]cc2Cl)OC(=O)c2ccc(CN(C(=O)O[C@H]3CN4CCC3CC4)c3cccnc3)cc2)cc1OC1CCCC1.[OH-]. The highest BCUT2D eigenvalue weighted by Gasteiger charge is 2.37. The maximum atomic E-state index is 13.8. The summed E-state index contributed by atoms with van der Waals surface area (Å²) in [5.74, 6) is 1.07. The number of rotatable bonds is 12. The maximum Gasteiger partial charge on any atom is 0.414 e. The minimum Gasteiger partial charge on any atom is -0.870 e. The van der Waals surface area contributed by atoms with Crippen molar-refractivity contribution in [2.75, 3.05) is 31.6 Å². The Morgan fingerprint density at radius 1 is 0.981 bits per heavy atom. The smallest absolute Gasteiger partial charge is 0.414 e. The van der Waals surface area contributed by atoms with Crippen molar-refractivity contribution in [1.29, 1.82) is 0 Å². The van der Waals surface area contributed by atoms with Gasteiger partial charge in [-0.3, -0.25) is 14.8 Å². The summed E-state index contributed by atoms with van der Waals surface area (Å²) in [6.07, 6.45) is 11.9. The molecule has 4 aliphatic rings. The number of piperidine rings is 3. The molecule has 11 nitrogen and oxygen atoms in total. The van der Waals surface area contributed by atoms with Gasteiger partial charge < -0.3 is 24.4 Å². The van der Waals surface area contributed by atoms with Crippen molar-refractivity contribution in [2.45, 2.75) is 69.8 Å². The molecule has 0 radical (unpaired) electrons. The minimum absolute atomic E-state index is 0. The summed E-state index contributed by atoms with van der Waals surface area (Å²) in [7, 11) is 1.61. The van der Waals surface area contributed by atoms with E-state index in [1.807, 2.05) is 36.4 Å². The van der Waals surface area contributed by atoms with Crippen molar-refractivity contribution in [3.05, 3.63) is 112 Å². The van der Waals surface area contributed by atoms with Crippen LogP contribution in [0.25, 0.3) is 0 Å². The van der Waals surface area contributed by atoms with E-state index < -0.39 is 18.2 Å². The van der Waals surface area contributed by atoms with Gasteiger partial charge in [0.1, 0.15) is 22.3 Å². The first-order valence-corrected chi connectivity index (χ1v) is 18.7. The Morgan fingerprint density at radius 3 is 2.36 bits per heavy atom. The number of halogens is 2. The zero-order chi connectivity index (χ0) is 36.0. The molecule has 13 heteroatoms. The lowest BCUT2D eigenvalue weighted by Crippen LogP contribution is -2.53. The molecule has 0 spiro atoms. The van der Waals surface area contributed by atoms with Crippen molar-refractivity contribution in [1.82, 2.24) is 9.88 Å². The van der Waals surface area contributed by atoms with E-state index in [1.54, 1.807) is 55.0 Å². The molecule has 53 heavy (non-hydrogen) atoms. The standard InChI is InChI=1S/C40H42Cl2N4O6.H2O/c1-49-35-13-12-29(19-37(35)50-31-6-2-3-7-31)36(20-32-33(41)22-44-23-34(32)42)51-39(47)28-10-8-26(9-11-28)24-46(30-5-4-16-43-21-30)40(48)52-38-25-45-17-14-27(38)15-18-45;/h4-5,8-13,16,19,21-23,27,31,36,38H,2-3,6-7,14-15,17-18,20,24-25H2,1H3;1H2/t36-,38-;/m0./s1. The summed E-state index contributed by atoms with van der Waals surface area (Å²) in [6.45, 7) is 3.12. The number of esters is 1. The number of hydrogen-bond acceptors (Lipinski definition) is 9. The molecule has 4 fully saturated rings. The van der Waals surface area contributed by atoms with Gasteiger partial charge in [0.25, 0.3) is 0 Å². The second-order valence-corrected chi connectivity index (χ2v) is 14.5. The number of H-pyrrole nitrogens is 1. The van der Waals surface area contributed by atoms with Crippen molar-refractivity contribution >= 4 is 41.0 Å². The second kappa shape index (κ2) is 17.6. The first-order chi connectivity index (χ1) is 25.3. The number of carbonyl (C=O) groups is 2. The Morgan fingerprint density at radius 2 is 1.72 bits per heavy atom. The molecule has 4 aromatic rings. The van der Waals surface area contributed by atoms with Crippen LogP contribution >= 0.6 is 23.2 Å². The van der Waals surface area contributed by atoms with Crippen molar-refractivity contribution in [3.63, 3.8) is 0 Å². The summed E-state index contributed by atoms with van der Waals surface area (Å²) in [5, 5.41) is 0.859. The van der Waals surface area contributed by atoms with Crippen LogP contribution in [-0.4, -0.2) is 66.4 Å². The molecule has 1 amide bonds. The van der Waals surface area contributed by atoms with Crippen LogP contribution in [-0.2, 0) is 22.4 Å². The molecule has 2 N–H and O–H groups in total. The number of carbonyl (C=O) groups excluding carboxylic acids is 2. The van der Waals surface area contributed by atoms with Crippen LogP contribution in [0.1, 0.15) is 71.7 Å². The van der Waals surface area contributed by atoms with Crippen molar-refractivity contribution in [2.24, 2.45) is 5.92 Å². The number of ether oxygens (including phenoxy) is 4. The number of benzene rings is 2. The molecular weight excluding hydrogens is 719 g/mol. The third-order valence-electron chi connectivity index (χ3n) is 10.3. The van der Waals surface area contributed by atoms with Gasteiger partial charge in [0, 0.05) is 24.7 Å². The second-order valence-electron chi connectivity index (χ2n) is 13.7. The highest BCUT2D eigenvalue weighted by Crippen LogP contribution is 2.37. The Kier molecular flexibility index (Phi) is 12.7. The number of aromatic amines is 1. The summed E-state index contributed by atoms with van der Waals surface area (Å²) >= 11 is 13.1. The minimum atomic E-state index is -0.747. The monoisotopic (exact) mass is 762 g/mol. The molecule has 0 unspecified atom stereocenters. The maximum absolute atomic E-state index is 13.8. The lowest BCUT2D eigenvalue weighted by molar-refractivity contribution is -0.377. The fraction of sp³-hybridized carbons (Fsp3) is 0.400. The topological polar surface area (TPSA) is 135 Å². The molecule has 280 valence electrons. The van der Waals surface area contributed by atoms with Crippen LogP contribution < -0.4 is 19.4 Å². The summed E-state index contributed by atoms with van der Waals surface area (Å²) in [6, 6.07) is 16.2. The summed E-state index contributed by atoms with van der Waals surface area (Å²) in [5.41, 5.74) is 3.15. The molecule has 1 saturated carbocycles. The Balaban J connectivity index is 0.00000481. The van der Waals surface area contributed by atoms with Gasteiger partial charge >= 0.3 is 12.1 Å². The predicted octanol–water partition coefficient (Wildman–Crippen LogP) is 7.73. The Bertz CT molecular complexity index is 1830. The van der Waals surface area contributed by atoms with Crippen LogP contribution in [0, 0.1) is 5.92 Å². The van der Waals surface area contributed by atoms with Gasteiger partial charge in [-0.05, 0) is 105 Å². The van der Waals surface area contributed by atoms with Crippen molar-refractivity contribution in [3.8, 4) is 11.5 Å². The van der Waals surface area contributed by atoms with Gasteiger partial charge in [0.15, 0.2) is 23.9 Å². The van der Waals surface area contributed by atoms with Crippen LogP contribution in [0.2, 0.25) is 10.0 Å². The number of aromatic nitrogens is 2. The van der Waals surface area contributed by atoms with E-state index in [2.05, 4.69) is 14.9 Å². The Labute approximate surface area is 319 Å². The number of hydrogen-bond donors (Lipinski definition) is 0. The fourth-order valence-corrected chi connectivity index (χ4v) is 7.93. The van der Waals surface area contributed by atoms with Crippen LogP contribution in [0.5, 0.6) is 11.5 Å².